The molecule has 0 fully saturated rings. The van der Waals surface area contributed by atoms with E-state index in [9.17, 15) is 4.79 Å². The Balaban J connectivity index is 2.02. The summed E-state index contributed by atoms with van der Waals surface area (Å²) in [4.78, 5) is 15.4. The van der Waals surface area contributed by atoms with Gasteiger partial charge in [0, 0.05) is 18.1 Å². The number of hydrogen-bond donors (Lipinski definition) is 0. The van der Waals surface area contributed by atoms with Crippen molar-refractivity contribution < 1.29 is 0 Å². The van der Waals surface area contributed by atoms with Crippen LogP contribution in [0, 0.1) is 0 Å². The van der Waals surface area contributed by atoms with Crippen LogP contribution in [0.3, 0.4) is 0 Å². The Morgan fingerprint density at radius 1 is 0.944 bits per heavy atom. The van der Waals surface area contributed by atoms with Gasteiger partial charge in [-0.25, -0.2) is 4.68 Å². The van der Waals surface area contributed by atoms with Crippen molar-refractivity contribution in [1.29, 1.82) is 0 Å². The average molecular weight is 239 g/mol. The smallest absolute Gasteiger partial charge is 0.273 e. The van der Waals surface area contributed by atoms with E-state index in [-0.39, 0.29) is 5.56 Å². The van der Waals surface area contributed by atoms with Gasteiger partial charge >= 0.3 is 0 Å². The molecule has 0 aliphatic rings. The zero-order valence-corrected chi connectivity index (χ0v) is 9.34. The maximum atomic E-state index is 11.6. The van der Waals surface area contributed by atoms with Gasteiger partial charge in [0.2, 0.25) is 0 Å². The lowest BCUT2D eigenvalue weighted by molar-refractivity contribution is 0.802. The summed E-state index contributed by atoms with van der Waals surface area (Å²) in [6.45, 7) is 0. The largest absolute Gasteiger partial charge is 0.281 e. The zero-order chi connectivity index (χ0) is 12.4. The lowest BCUT2D eigenvalue weighted by Crippen LogP contribution is -2.16. The highest BCUT2D eigenvalue weighted by molar-refractivity contribution is 5.40. The molecule has 0 N–H and O–H groups in total. The Morgan fingerprint density at radius 3 is 2.39 bits per heavy atom. The molecule has 3 rings (SSSR count). The molecule has 2 aromatic heterocycles. The van der Waals surface area contributed by atoms with Crippen molar-refractivity contribution in [3.05, 3.63) is 65.6 Å². The number of benzene rings is 1. The van der Waals surface area contributed by atoms with E-state index in [2.05, 4.69) is 15.3 Å². The third kappa shape index (κ3) is 1.80. The third-order valence-corrected chi connectivity index (χ3v) is 2.54. The molecule has 0 aliphatic heterocycles. The summed E-state index contributed by atoms with van der Waals surface area (Å²) >= 11 is 0. The normalized spacial score (nSPS) is 10.4. The summed E-state index contributed by atoms with van der Waals surface area (Å²) in [6, 6.07) is 7.44. The van der Waals surface area contributed by atoms with E-state index in [1.165, 1.54) is 10.8 Å². The number of rotatable bonds is 2. The predicted octanol–water partition coefficient (Wildman–Crippen LogP) is 0.813. The molecule has 0 unspecified atom stereocenters. The van der Waals surface area contributed by atoms with Gasteiger partial charge in [0.25, 0.3) is 5.56 Å². The van der Waals surface area contributed by atoms with Crippen LogP contribution in [0.2, 0.25) is 0 Å². The minimum absolute atomic E-state index is 0.161. The Kier molecular flexibility index (Phi) is 2.45. The van der Waals surface area contributed by atoms with Crippen LogP contribution in [0.5, 0.6) is 0 Å². The molecule has 0 amide bonds. The van der Waals surface area contributed by atoms with E-state index in [0.717, 1.165) is 11.4 Å². The van der Waals surface area contributed by atoms with Gasteiger partial charge in [-0.2, -0.15) is 0 Å². The Bertz CT molecular complexity index is 700. The topological polar surface area (TPSA) is 65.6 Å². The summed E-state index contributed by atoms with van der Waals surface area (Å²) in [5, 5.41) is 7.64. The summed E-state index contributed by atoms with van der Waals surface area (Å²) in [6.07, 6.45) is 7.86. The van der Waals surface area contributed by atoms with E-state index in [4.69, 9.17) is 0 Å². The summed E-state index contributed by atoms with van der Waals surface area (Å²) in [5.41, 5.74) is 1.51. The van der Waals surface area contributed by atoms with Crippen LogP contribution in [0.1, 0.15) is 0 Å². The van der Waals surface area contributed by atoms with Gasteiger partial charge in [-0.3, -0.25) is 14.3 Å². The molecular formula is C12H9N5O. The van der Waals surface area contributed by atoms with E-state index in [0.29, 0.717) is 0 Å². The summed E-state index contributed by atoms with van der Waals surface area (Å²) in [5.74, 6) is 0. The predicted molar refractivity (Wildman–Crippen MR) is 64.8 cm³/mol. The van der Waals surface area contributed by atoms with Gasteiger partial charge in [-0.1, -0.05) is 5.21 Å². The first-order valence-electron chi connectivity index (χ1n) is 5.34. The zero-order valence-electron chi connectivity index (χ0n) is 9.34. The standard InChI is InChI=1S/C12H9N5O/c18-12-9-13-5-7-16(12)10-1-3-11(4-2-10)17-8-6-14-15-17/h1-9H. The molecule has 0 bridgehead atoms. The molecule has 18 heavy (non-hydrogen) atoms. The van der Waals surface area contributed by atoms with Crippen molar-refractivity contribution in [2.24, 2.45) is 0 Å². The fraction of sp³-hybridized carbons (Fsp3) is 0. The first kappa shape index (κ1) is 10.4. The van der Waals surface area contributed by atoms with E-state index in [1.54, 1.807) is 29.5 Å². The van der Waals surface area contributed by atoms with E-state index in [1.807, 2.05) is 24.3 Å². The molecule has 0 saturated heterocycles. The molecular weight excluding hydrogens is 230 g/mol. The van der Waals surface area contributed by atoms with Crippen molar-refractivity contribution in [3.8, 4) is 11.4 Å². The van der Waals surface area contributed by atoms with E-state index >= 15 is 0 Å². The van der Waals surface area contributed by atoms with Gasteiger partial charge in [-0.15, -0.1) is 5.10 Å². The first-order valence-corrected chi connectivity index (χ1v) is 5.34. The molecule has 0 spiro atoms. The Hall–Kier alpha value is -2.76. The fourth-order valence-electron chi connectivity index (χ4n) is 1.67. The summed E-state index contributed by atoms with van der Waals surface area (Å²) < 4.78 is 3.18. The second-order valence-electron chi connectivity index (χ2n) is 3.65. The number of aromatic nitrogens is 5. The number of hydrogen-bond acceptors (Lipinski definition) is 4. The van der Waals surface area contributed by atoms with Crippen LogP contribution < -0.4 is 5.56 Å². The Morgan fingerprint density at radius 2 is 1.72 bits per heavy atom. The van der Waals surface area contributed by atoms with Crippen LogP contribution in [0.15, 0.2) is 60.0 Å². The molecule has 0 aliphatic carbocycles. The second kappa shape index (κ2) is 4.25. The maximum absolute atomic E-state index is 11.6. The molecule has 6 nitrogen and oxygen atoms in total. The van der Waals surface area contributed by atoms with Crippen molar-refractivity contribution in [2.45, 2.75) is 0 Å². The molecule has 0 radical (unpaired) electrons. The quantitative estimate of drug-likeness (QED) is 0.664. The van der Waals surface area contributed by atoms with Gasteiger partial charge in [0.1, 0.15) is 0 Å². The third-order valence-electron chi connectivity index (χ3n) is 2.54. The van der Waals surface area contributed by atoms with Gasteiger partial charge in [0.05, 0.1) is 24.3 Å². The van der Waals surface area contributed by atoms with Crippen molar-refractivity contribution in [1.82, 2.24) is 24.5 Å². The molecule has 0 saturated carbocycles. The Labute approximate surface area is 102 Å². The molecule has 1 aromatic carbocycles. The van der Waals surface area contributed by atoms with Crippen LogP contribution in [0.25, 0.3) is 11.4 Å². The highest BCUT2D eigenvalue weighted by Gasteiger charge is 2.00. The monoisotopic (exact) mass is 239 g/mol. The minimum Gasteiger partial charge on any atom is -0.281 e. The molecule has 88 valence electrons. The van der Waals surface area contributed by atoms with Crippen LogP contribution in [-0.2, 0) is 0 Å². The lowest BCUT2D eigenvalue weighted by Gasteiger charge is -2.05. The van der Waals surface area contributed by atoms with Gasteiger partial charge < -0.3 is 0 Å². The average Bonchev–Trinajstić information content (AvgIpc) is 2.94. The second-order valence-corrected chi connectivity index (χ2v) is 3.65. The van der Waals surface area contributed by atoms with Crippen molar-refractivity contribution in [3.63, 3.8) is 0 Å². The fourth-order valence-corrected chi connectivity index (χ4v) is 1.67. The van der Waals surface area contributed by atoms with Crippen molar-refractivity contribution in [2.75, 3.05) is 0 Å². The molecule has 6 heteroatoms. The summed E-state index contributed by atoms with van der Waals surface area (Å²) in [7, 11) is 0. The minimum atomic E-state index is -0.161. The van der Waals surface area contributed by atoms with Crippen molar-refractivity contribution >= 4 is 0 Å². The maximum Gasteiger partial charge on any atom is 0.273 e. The SMILES string of the molecule is O=c1cnccn1-c1ccc(-n2ccnn2)cc1. The first-order chi connectivity index (χ1) is 8.84. The molecule has 0 atom stereocenters. The van der Waals surface area contributed by atoms with Crippen LogP contribution >= 0.6 is 0 Å². The van der Waals surface area contributed by atoms with Gasteiger partial charge in [-0.05, 0) is 24.3 Å². The molecule has 2 heterocycles. The highest BCUT2D eigenvalue weighted by Crippen LogP contribution is 2.10. The van der Waals surface area contributed by atoms with Gasteiger partial charge in [0.15, 0.2) is 0 Å². The lowest BCUT2D eigenvalue weighted by atomic mass is 10.3. The van der Waals surface area contributed by atoms with E-state index < -0.39 is 0 Å². The number of nitrogens with zero attached hydrogens (tertiary/aromatic N) is 5. The molecule has 3 aromatic rings. The van der Waals surface area contributed by atoms with Crippen LogP contribution in [0.4, 0.5) is 0 Å². The van der Waals surface area contributed by atoms with Crippen LogP contribution in [-0.4, -0.2) is 24.5 Å². The highest BCUT2D eigenvalue weighted by atomic mass is 16.1.